The minimum atomic E-state index is -2.19. The maximum atomic E-state index is 12.3. The molecule has 1 aliphatic rings. The van der Waals surface area contributed by atoms with Gasteiger partial charge in [0.05, 0.1) is 0 Å². The van der Waals surface area contributed by atoms with E-state index in [-0.39, 0.29) is 12.2 Å². The van der Waals surface area contributed by atoms with Crippen LogP contribution in [0.5, 0.6) is 0 Å². The Morgan fingerprint density at radius 2 is 2.10 bits per heavy atom. The first-order chi connectivity index (χ1) is 14.8. The SMILES string of the molecule is [N-]=[N+]=N[C@]1(COC(=O)C(N)Cc2ccccc2)O[C@@H](n2ccc(N)nc2=O)[C@H](O)[C@@H]1O. The van der Waals surface area contributed by atoms with E-state index in [0.717, 1.165) is 10.1 Å². The van der Waals surface area contributed by atoms with Gasteiger partial charge in [-0.3, -0.25) is 9.36 Å². The zero-order valence-corrected chi connectivity index (χ0v) is 16.2. The summed E-state index contributed by atoms with van der Waals surface area (Å²) in [6, 6.07) is 9.23. The summed E-state index contributed by atoms with van der Waals surface area (Å²) in [6.07, 6.45) is -3.62. The van der Waals surface area contributed by atoms with Gasteiger partial charge < -0.3 is 31.2 Å². The van der Waals surface area contributed by atoms with Gasteiger partial charge >= 0.3 is 11.7 Å². The van der Waals surface area contributed by atoms with Crippen LogP contribution < -0.4 is 17.2 Å². The van der Waals surface area contributed by atoms with E-state index in [9.17, 15) is 19.8 Å². The van der Waals surface area contributed by atoms with Gasteiger partial charge in [-0.05, 0) is 23.6 Å². The lowest BCUT2D eigenvalue weighted by Gasteiger charge is -2.26. The average molecular weight is 431 g/mol. The van der Waals surface area contributed by atoms with Crippen molar-refractivity contribution >= 4 is 11.8 Å². The number of rotatable bonds is 7. The Morgan fingerprint density at radius 3 is 2.74 bits per heavy atom. The molecule has 31 heavy (non-hydrogen) atoms. The van der Waals surface area contributed by atoms with Crippen LogP contribution in [-0.4, -0.2) is 56.3 Å². The minimum absolute atomic E-state index is 0.0584. The Balaban J connectivity index is 1.76. The van der Waals surface area contributed by atoms with E-state index < -0.39 is 48.5 Å². The van der Waals surface area contributed by atoms with Crippen LogP contribution in [0.25, 0.3) is 10.4 Å². The Labute approximate surface area is 175 Å². The molecule has 13 heteroatoms. The Bertz CT molecular complexity index is 1040. The summed E-state index contributed by atoms with van der Waals surface area (Å²) >= 11 is 0. The van der Waals surface area contributed by atoms with Crippen LogP contribution in [0.3, 0.4) is 0 Å². The molecule has 1 unspecified atom stereocenters. The number of ether oxygens (including phenoxy) is 2. The molecule has 0 radical (unpaired) electrons. The number of hydrogen-bond donors (Lipinski definition) is 4. The van der Waals surface area contributed by atoms with Gasteiger partial charge in [-0.2, -0.15) is 4.98 Å². The van der Waals surface area contributed by atoms with Gasteiger partial charge in [0.15, 0.2) is 6.23 Å². The molecule has 1 saturated heterocycles. The van der Waals surface area contributed by atoms with Crippen molar-refractivity contribution in [3.05, 3.63) is 69.1 Å². The van der Waals surface area contributed by atoms with E-state index >= 15 is 0 Å². The topological polar surface area (TPSA) is 212 Å². The van der Waals surface area contributed by atoms with Gasteiger partial charge in [-0.25, -0.2) is 4.79 Å². The second-order valence-corrected chi connectivity index (χ2v) is 6.92. The maximum absolute atomic E-state index is 12.3. The predicted octanol–water partition coefficient (Wildman–Crippen LogP) is -0.804. The number of aromatic nitrogens is 2. The van der Waals surface area contributed by atoms with Crippen molar-refractivity contribution in [3.8, 4) is 0 Å². The smallest absolute Gasteiger partial charge is 0.351 e. The van der Waals surface area contributed by atoms with Crippen molar-refractivity contribution in [1.29, 1.82) is 0 Å². The Kier molecular flexibility index (Phi) is 6.53. The van der Waals surface area contributed by atoms with Crippen LogP contribution in [0.4, 0.5) is 5.82 Å². The van der Waals surface area contributed by atoms with Gasteiger partial charge in [0.2, 0.25) is 5.72 Å². The van der Waals surface area contributed by atoms with Crippen molar-refractivity contribution in [2.75, 3.05) is 12.3 Å². The largest absolute Gasteiger partial charge is 0.461 e. The molecule has 1 aliphatic heterocycles. The molecule has 6 N–H and O–H groups in total. The first-order valence-electron chi connectivity index (χ1n) is 9.18. The van der Waals surface area contributed by atoms with Gasteiger partial charge in [0.1, 0.15) is 30.7 Å². The molecule has 0 amide bonds. The summed E-state index contributed by atoms with van der Waals surface area (Å²) in [4.78, 5) is 30.5. The van der Waals surface area contributed by atoms with Gasteiger partial charge in [0.25, 0.3) is 0 Å². The van der Waals surface area contributed by atoms with Crippen LogP contribution in [-0.2, 0) is 20.7 Å². The van der Waals surface area contributed by atoms with Gasteiger partial charge in [-0.1, -0.05) is 35.4 Å². The third kappa shape index (κ3) is 4.66. The molecule has 2 heterocycles. The molecule has 0 spiro atoms. The molecule has 13 nitrogen and oxygen atoms in total. The zero-order chi connectivity index (χ0) is 22.6. The zero-order valence-electron chi connectivity index (χ0n) is 16.2. The molecule has 3 rings (SSSR count). The molecule has 1 aromatic carbocycles. The quantitative estimate of drug-likeness (QED) is 0.187. The number of carbonyl (C=O) groups is 1. The van der Waals surface area contributed by atoms with Crippen LogP contribution in [0, 0.1) is 0 Å². The number of benzene rings is 1. The molecule has 1 aromatic heterocycles. The summed E-state index contributed by atoms with van der Waals surface area (Å²) < 4.78 is 11.5. The van der Waals surface area contributed by atoms with E-state index in [1.165, 1.54) is 12.3 Å². The first kappa shape index (κ1) is 22.2. The lowest BCUT2D eigenvalue weighted by molar-refractivity contribution is -0.166. The highest BCUT2D eigenvalue weighted by molar-refractivity contribution is 5.76. The molecule has 1 fully saturated rings. The number of nitrogens with zero attached hydrogens (tertiary/aromatic N) is 5. The number of aliphatic hydroxyl groups is 2. The third-order valence-electron chi connectivity index (χ3n) is 4.76. The normalized spacial score (nSPS) is 26.1. The highest BCUT2D eigenvalue weighted by Crippen LogP contribution is 2.38. The van der Waals surface area contributed by atoms with Crippen LogP contribution in [0.15, 0.2) is 52.5 Å². The fourth-order valence-corrected chi connectivity index (χ4v) is 3.15. The van der Waals surface area contributed by atoms with Crippen molar-refractivity contribution in [2.45, 2.75) is 36.6 Å². The second-order valence-electron chi connectivity index (χ2n) is 6.92. The predicted molar refractivity (Wildman–Crippen MR) is 106 cm³/mol. The third-order valence-corrected chi connectivity index (χ3v) is 4.76. The van der Waals surface area contributed by atoms with E-state index in [1.807, 2.05) is 6.07 Å². The lowest BCUT2D eigenvalue weighted by Crippen LogP contribution is -2.47. The van der Waals surface area contributed by atoms with E-state index in [4.69, 9.17) is 26.5 Å². The number of hydrogen-bond acceptors (Lipinski definition) is 10. The molecular weight excluding hydrogens is 410 g/mol. The number of anilines is 1. The monoisotopic (exact) mass is 431 g/mol. The number of carbonyl (C=O) groups excluding carboxylic acids is 1. The molecular formula is C18H21N7O6. The van der Waals surface area contributed by atoms with Crippen LogP contribution in [0.1, 0.15) is 11.8 Å². The van der Waals surface area contributed by atoms with Crippen LogP contribution in [0.2, 0.25) is 0 Å². The van der Waals surface area contributed by atoms with E-state index in [1.54, 1.807) is 24.3 Å². The summed E-state index contributed by atoms with van der Waals surface area (Å²) in [7, 11) is 0. The molecule has 0 aliphatic carbocycles. The summed E-state index contributed by atoms with van der Waals surface area (Å²) in [5.74, 6) is -0.895. The fraction of sp³-hybridized carbons (Fsp3) is 0.389. The van der Waals surface area contributed by atoms with Gasteiger partial charge in [-0.15, -0.1) is 0 Å². The minimum Gasteiger partial charge on any atom is -0.461 e. The Hall–Kier alpha value is -3.48. The molecule has 2 aromatic rings. The molecule has 0 saturated carbocycles. The molecule has 5 atom stereocenters. The summed E-state index contributed by atoms with van der Waals surface area (Å²) in [5.41, 5.74) is 18.0. The Morgan fingerprint density at radius 1 is 1.39 bits per heavy atom. The maximum Gasteiger partial charge on any atom is 0.351 e. The number of aliphatic hydroxyl groups excluding tert-OH is 2. The second kappa shape index (κ2) is 9.12. The summed E-state index contributed by atoms with van der Waals surface area (Å²) in [5, 5.41) is 24.3. The highest BCUT2D eigenvalue weighted by atomic mass is 16.6. The average Bonchev–Trinajstić information content (AvgIpc) is 2.98. The highest BCUT2D eigenvalue weighted by Gasteiger charge is 2.56. The van der Waals surface area contributed by atoms with E-state index in [2.05, 4.69) is 15.0 Å². The molecule has 164 valence electrons. The number of azide groups is 1. The molecule has 0 bridgehead atoms. The van der Waals surface area contributed by atoms with Crippen LogP contribution >= 0.6 is 0 Å². The number of esters is 1. The fourth-order valence-electron chi connectivity index (χ4n) is 3.15. The first-order valence-corrected chi connectivity index (χ1v) is 9.18. The number of nitrogen functional groups attached to an aromatic ring is 1. The standard InChI is InChI=1S/C18H21N7O6/c19-11(8-10-4-2-1-3-5-10)16(28)30-9-18(23-24-21)14(27)13(26)15(31-18)25-7-6-12(20)22-17(25)29/h1-7,11,13-15,26-27H,8-9,19H2,(H2,20,22,29)/t11?,13-,14+,15-,18-/m1/s1. The lowest BCUT2D eigenvalue weighted by atomic mass is 10.1. The van der Waals surface area contributed by atoms with Crippen molar-refractivity contribution in [1.82, 2.24) is 9.55 Å². The van der Waals surface area contributed by atoms with Gasteiger partial charge in [0, 0.05) is 11.1 Å². The van der Waals surface area contributed by atoms with E-state index in [0.29, 0.717) is 0 Å². The van der Waals surface area contributed by atoms with Crippen molar-refractivity contribution in [3.63, 3.8) is 0 Å². The number of nitrogens with two attached hydrogens (primary N) is 2. The van der Waals surface area contributed by atoms with Crippen molar-refractivity contribution in [2.24, 2.45) is 10.8 Å². The van der Waals surface area contributed by atoms with Crippen molar-refractivity contribution < 1.29 is 24.5 Å². The summed E-state index contributed by atoms with van der Waals surface area (Å²) in [6.45, 7) is -0.746.